The lowest BCUT2D eigenvalue weighted by Crippen LogP contribution is -2.33. The summed E-state index contributed by atoms with van der Waals surface area (Å²) in [6.07, 6.45) is 1.37. The Labute approximate surface area is 104 Å². The summed E-state index contributed by atoms with van der Waals surface area (Å²) in [4.78, 5) is 13.3. The summed E-state index contributed by atoms with van der Waals surface area (Å²) in [5.41, 5.74) is 0.338. The number of halogens is 2. The predicted molar refractivity (Wildman–Crippen MR) is 62.2 cm³/mol. The van der Waals surface area contributed by atoms with Crippen LogP contribution in [0, 0.1) is 0 Å². The van der Waals surface area contributed by atoms with Gasteiger partial charge in [-0.25, -0.2) is 0 Å². The van der Waals surface area contributed by atoms with Crippen LogP contribution in [0.15, 0.2) is 16.7 Å². The fraction of sp³-hybridized carbons (Fsp3) is 0.500. The Kier molecular flexibility index (Phi) is 5.12. The van der Waals surface area contributed by atoms with Gasteiger partial charge in [0.2, 0.25) is 5.22 Å². The number of furan rings is 1. The molecule has 0 saturated heterocycles. The third-order valence-electron chi connectivity index (χ3n) is 2.01. The maximum atomic E-state index is 11.8. The molecule has 4 nitrogen and oxygen atoms in total. The van der Waals surface area contributed by atoms with Gasteiger partial charge in [0, 0.05) is 20.7 Å². The molecule has 0 N–H and O–H groups in total. The van der Waals surface area contributed by atoms with Crippen LogP contribution in [-0.2, 0) is 4.74 Å². The molecule has 6 heteroatoms. The second kappa shape index (κ2) is 6.13. The van der Waals surface area contributed by atoms with Crippen molar-refractivity contribution in [2.24, 2.45) is 0 Å². The summed E-state index contributed by atoms with van der Waals surface area (Å²) in [6.45, 7) is 0.772. The number of nitrogens with zero attached hydrogens (tertiary/aromatic N) is 1. The Morgan fingerprint density at radius 2 is 2.38 bits per heavy atom. The van der Waals surface area contributed by atoms with Crippen molar-refractivity contribution in [1.82, 2.24) is 4.90 Å². The highest BCUT2D eigenvalue weighted by Gasteiger charge is 2.19. The maximum Gasteiger partial charge on any atom is 0.258 e. The molecule has 0 radical (unpaired) electrons. The first kappa shape index (κ1) is 13.4. The van der Waals surface area contributed by atoms with Gasteiger partial charge in [-0.15, -0.1) is 11.6 Å². The van der Waals surface area contributed by atoms with Gasteiger partial charge < -0.3 is 14.1 Å². The number of ether oxygens (including phenoxy) is 1. The fourth-order valence-corrected chi connectivity index (χ4v) is 1.79. The van der Waals surface area contributed by atoms with Crippen molar-refractivity contribution >= 4 is 29.1 Å². The van der Waals surface area contributed by atoms with Crippen LogP contribution >= 0.6 is 23.2 Å². The molecule has 0 spiro atoms. The summed E-state index contributed by atoms with van der Waals surface area (Å²) >= 11 is 11.7. The molecule has 0 saturated carbocycles. The molecule has 0 bridgehead atoms. The normalized spacial score (nSPS) is 12.5. The molecular formula is C10H13Cl2NO3. The first-order valence-corrected chi connectivity index (χ1v) is 5.49. The van der Waals surface area contributed by atoms with Gasteiger partial charge in [-0.3, -0.25) is 4.79 Å². The van der Waals surface area contributed by atoms with E-state index in [1.165, 1.54) is 17.2 Å². The van der Waals surface area contributed by atoms with Gasteiger partial charge in [0.25, 0.3) is 5.91 Å². The number of hydrogen-bond acceptors (Lipinski definition) is 3. The summed E-state index contributed by atoms with van der Waals surface area (Å²) in [7, 11) is 3.21. The van der Waals surface area contributed by atoms with Crippen LogP contribution in [-0.4, -0.2) is 43.5 Å². The van der Waals surface area contributed by atoms with Crippen LogP contribution in [0.3, 0.4) is 0 Å². The Balaban J connectivity index is 2.58. The van der Waals surface area contributed by atoms with Crippen molar-refractivity contribution in [3.8, 4) is 0 Å². The molecule has 0 aliphatic rings. The first-order valence-electron chi connectivity index (χ1n) is 4.67. The average Bonchev–Trinajstić information content (AvgIpc) is 2.63. The van der Waals surface area contributed by atoms with E-state index in [0.717, 1.165) is 0 Å². The van der Waals surface area contributed by atoms with Crippen LogP contribution in [0.5, 0.6) is 0 Å². The molecule has 0 fully saturated rings. The highest BCUT2D eigenvalue weighted by Crippen LogP contribution is 2.18. The van der Waals surface area contributed by atoms with E-state index in [1.54, 1.807) is 14.2 Å². The van der Waals surface area contributed by atoms with E-state index in [0.29, 0.717) is 18.7 Å². The third kappa shape index (κ3) is 3.40. The largest absolute Gasteiger partial charge is 0.452 e. The predicted octanol–water partition coefficient (Wildman–Crippen LogP) is 2.26. The minimum atomic E-state index is -0.246. The van der Waals surface area contributed by atoms with Crippen LogP contribution in [0.1, 0.15) is 10.4 Å². The highest BCUT2D eigenvalue weighted by molar-refractivity contribution is 6.32. The quantitative estimate of drug-likeness (QED) is 0.768. The lowest BCUT2D eigenvalue weighted by Gasteiger charge is -2.19. The zero-order valence-electron chi connectivity index (χ0n) is 9.07. The van der Waals surface area contributed by atoms with E-state index in [9.17, 15) is 4.79 Å². The van der Waals surface area contributed by atoms with E-state index in [4.69, 9.17) is 32.4 Å². The van der Waals surface area contributed by atoms with Gasteiger partial charge in [0.15, 0.2) is 0 Å². The van der Waals surface area contributed by atoms with Gasteiger partial charge in [0.05, 0.1) is 23.8 Å². The lowest BCUT2D eigenvalue weighted by molar-refractivity contribution is 0.0781. The Bertz CT molecular complexity index is 354. The SMILES string of the molecule is COCC(Cl)CN(C)C(=O)c1ccoc1Cl. The Morgan fingerprint density at radius 1 is 1.69 bits per heavy atom. The molecule has 16 heavy (non-hydrogen) atoms. The smallest absolute Gasteiger partial charge is 0.258 e. The van der Waals surface area contributed by atoms with E-state index >= 15 is 0 Å². The van der Waals surface area contributed by atoms with E-state index in [-0.39, 0.29) is 16.5 Å². The van der Waals surface area contributed by atoms with Crippen LogP contribution in [0.25, 0.3) is 0 Å². The summed E-state index contributed by atoms with van der Waals surface area (Å²) in [5, 5.41) is -0.153. The van der Waals surface area contributed by atoms with Crippen LogP contribution in [0.2, 0.25) is 5.22 Å². The van der Waals surface area contributed by atoms with Crippen molar-refractivity contribution in [3.63, 3.8) is 0 Å². The minimum Gasteiger partial charge on any atom is -0.452 e. The third-order valence-corrected chi connectivity index (χ3v) is 2.57. The standard InChI is InChI=1S/C10H13Cl2NO3/c1-13(5-7(11)6-15-2)10(14)8-3-4-16-9(8)12/h3-4,7H,5-6H2,1-2H3. The van der Waals surface area contributed by atoms with Gasteiger partial charge in [-0.05, 0) is 17.7 Å². The molecule has 1 atom stereocenters. The van der Waals surface area contributed by atoms with Crippen molar-refractivity contribution in [2.45, 2.75) is 5.38 Å². The Hall–Kier alpha value is -0.710. The zero-order valence-corrected chi connectivity index (χ0v) is 10.6. The topological polar surface area (TPSA) is 42.7 Å². The molecule has 1 rings (SSSR count). The molecule has 1 aromatic heterocycles. The number of amides is 1. The van der Waals surface area contributed by atoms with E-state index in [2.05, 4.69) is 0 Å². The van der Waals surface area contributed by atoms with Crippen molar-refractivity contribution in [3.05, 3.63) is 23.1 Å². The van der Waals surface area contributed by atoms with Gasteiger partial charge in [-0.2, -0.15) is 0 Å². The number of rotatable bonds is 5. The number of alkyl halides is 1. The van der Waals surface area contributed by atoms with Gasteiger partial charge in [0.1, 0.15) is 0 Å². The zero-order chi connectivity index (χ0) is 12.1. The minimum absolute atomic E-state index is 0.0923. The molecule has 0 aromatic carbocycles. The molecule has 0 aliphatic heterocycles. The lowest BCUT2D eigenvalue weighted by atomic mass is 10.3. The van der Waals surface area contributed by atoms with Crippen molar-refractivity contribution < 1.29 is 13.9 Å². The summed E-state index contributed by atoms with van der Waals surface area (Å²) in [6, 6.07) is 1.53. The Morgan fingerprint density at radius 3 is 2.88 bits per heavy atom. The molecular weight excluding hydrogens is 253 g/mol. The average molecular weight is 266 g/mol. The van der Waals surface area contributed by atoms with Gasteiger partial charge in [-0.1, -0.05) is 0 Å². The molecule has 0 aliphatic carbocycles. The molecule has 1 amide bonds. The van der Waals surface area contributed by atoms with Gasteiger partial charge >= 0.3 is 0 Å². The molecule has 1 aromatic rings. The first-order chi connectivity index (χ1) is 7.56. The highest BCUT2D eigenvalue weighted by atomic mass is 35.5. The summed E-state index contributed by atoms with van der Waals surface area (Å²) in [5.74, 6) is -0.222. The molecule has 1 heterocycles. The maximum absolute atomic E-state index is 11.8. The van der Waals surface area contributed by atoms with Crippen molar-refractivity contribution in [2.75, 3.05) is 27.3 Å². The van der Waals surface area contributed by atoms with Crippen LogP contribution < -0.4 is 0 Å². The summed E-state index contributed by atoms with van der Waals surface area (Å²) < 4.78 is 9.73. The second-order valence-corrected chi connectivity index (χ2v) is 4.31. The number of methoxy groups -OCH3 is 1. The van der Waals surface area contributed by atoms with E-state index in [1.807, 2.05) is 0 Å². The second-order valence-electron chi connectivity index (χ2n) is 3.35. The number of carbonyl (C=O) groups excluding carboxylic acids is 1. The van der Waals surface area contributed by atoms with E-state index < -0.39 is 0 Å². The van der Waals surface area contributed by atoms with Crippen LogP contribution in [0.4, 0.5) is 0 Å². The number of hydrogen-bond donors (Lipinski definition) is 0. The molecule has 1 unspecified atom stereocenters. The fourth-order valence-electron chi connectivity index (χ4n) is 1.27. The monoisotopic (exact) mass is 265 g/mol. The number of carbonyl (C=O) groups is 1. The van der Waals surface area contributed by atoms with Crippen molar-refractivity contribution in [1.29, 1.82) is 0 Å². The molecule has 90 valence electrons.